The highest BCUT2D eigenvalue weighted by atomic mass is 35.5. The fraction of sp³-hybridized carbons (Fsp3) is 0.619. The first-order valence-corrected chi connectivity index (χ1v) is 10.2. The fourth-order valence-electron chi connectivity index (χ4n) is 3.48. The zero-order valence-corrected chi connectivity index (χ0v) is 18.5. The Morgan fingerprint density at radius 2 is 1.90 bits per heavy atom. The van der Waals surface area contributed by atoms with Crippen LogP contribution in [0.25, 0.3) is 0 Å². The van der Waals surface area contributed by atoms with E-state index in [9.17, 15) is 9.59 Å². The number of amides is 2. The third-order valence-corrected chi connectivity index (χ3v) is 5.23. The third kappa shape index (κ3) is 6.42. The molecule has 0 aliphatic heterocycles. The van der Waals surface area contributed by atoms with Gasteiger partial charge in [-0.2, -0.15) is 0 Å². The van der Waals surface area contributed by atoms with Gasteiger partial charge in [-0.3, -0.25) is 4.79 Å². The quantitative estimate of drug-likeness (QED) is 0.694. The van der Waals surface area contributed by atoms with Crippen molar-refractivity contribution in [2.75, 3.05) is 20.8 Å². The molecule has 7 nitrogen and oxygen atoms in total. The van der Waals surface area contributed by atoms with Crippen molar-refractivity contribution in [3.63, 3.8) is 0 Å². The molecule has 0 bridgehead atoms. The van der Waals surface area contributed by atoms with E-state index in [1.54, 1.807) is 13.2 Å². The number of rotatable bonds is 7. The highest BCUT2D eigenvalue weighted by Gasteiger charge is 2.34. The maximum absolute atomic E-state index is 12.6. The first kappa shape index (κ1) is 23.1. The van der Waals surface area contributed by atoms with Crippen molar-refractivity contribution < 1.29 is 23.8 Å². The minimum atomic E-state index is -0.570. The van der Waals surface area contributed by atoms with E-state index in [4.69, 9.17) is 25.8 Å². The van der Waals surface area contributed by atoms with Gasteiger partial charge in [0.2, 0.25) is 5.91 Å². The summed E-state index contributed by atoms with van der Waals surface area (Å²) in [6, 6.07) is 3.44. The Kier molecular flexibility index (Phi) is 8.02. The molecule has 0 saturated heterocycles. The van der Waals surface area contributed by atoms with Crippen LogP contribution < -0.4 is 20.1 Å². The second kappa shape index (κ2) is 10.1. The number of carbonyl (C=O) groups is 2. The molecule has 0 heterocycles. The molecule has 0 aromatic heterocycles. The van der Waals surface area contributed by atoms with E-state index in [0.717, 1.165) is 24.8 Å². The summed E-state index contributed by atoms with van der Waals surface area (Å²) in [5.41, 5.74) is 0.290. The van der Waals surface area contributed by atoms with Crippen molar-refractivity contribution in [2.45, 2.75) is 58.1 Å². The normalized spacial score (nSPS) is 18.8. The van der Waals surface area contributed by atoms with Crippen LogP contribution in [0.4, 0.5) is 4.79 Å². The summed E-state index contributed by atoms with van der Waals surface area (Å²) in [4.78, 5) is 24.7. The van der Waals surface area contributed by atoms with Gasteiger partial charge in [0, 0.05) is 12.6 Å². The highest BCUT2D eigenvalue weighted by molar-refractivity contribution is 6.33. The van der Waals surface area contributed by atoms with Crippen LogP contribution in [0.2, 0.25) is 5.02 Å². The highest BCUT2D eigenvalue weighted by Crippen LogP contribution is 2.37. The molecule has 2 atom stereocenters. The smallest absolute Gasteiger partial charge is 0.407 e. The van der Waals surface area contributed by atoms with E-state index in [0.29, 0.717) is 29.5 Å². The lowest BCUT2D eigenvalue weighted by Gasteiger charge is -2.24. The van der Waals surface area contributed by atoms with Crippen molar-refractivity contribution in [2.24, 2.45) is 5.92 Å². The number of hydrogen-bond acceptors (Lipinski definition) is 5. The maximum atomic E-state index is 12.6. The van der Waals surface area contributed by atoms with E-state index in [1.807, 2.05) is 26.8 Å². The third-order valence-electron chi connectivity index (χ3n) is 4.81. The number of benzene rings is 1. The molecule has 1 saturated carbocycles. The zero-order valence-electron chi connectivity index (χ0n) is 17.8. The topological polar surface area (TPSA) is 85.9 Å². The van der Waals surface area contributed by atoms with Crippen molar-refractivity contribution >= 4 is 23.6 Å². The Morgan fingerprint density at radius 3 is 2.52 bits per heavy atom. The lowest BCUT2D eigenvalue weighted by Crippen LogP contribution is -2.45. The van der Waals surface area contributed by atoms with Gasteiger partial charge in [0.05, 0.1) is 25.2 Å². The van der Waals surface area contributed by atoms with Crippen molar-refractivity contribution in [1.82, 2.24) is 10.6 Å². The van der Waals surface area contributed by atoms with Crippen LogP contribution >= 0.6 is 11.6 Å². The second-order valence-corrected chi connectivity index (χ2v) is 8.48. The van der Waals surface area contributed by atoms with Gasteiger partial charge in [0.1, 0.15) is 5.60 Å². The van der Waals surface area contributed by atoms with Crippen LogP contribution in [-0.2, 0) is 16.0 Å². The number of carbonyl (C=O) groups excluding carboxylic acids is 2. The molecule has 29 heavy (non-hydrogen) atoms. The molecule has 1 aromatic rings. The van der Waals surface area contributed by atoms with E-state index >= 15 is 0 Å². The van der Waals surface area contributed by atoms with Gasteiger partial charge in [-0.05, 0) is 51.7 Å². The molecule has 8 heteroatoms. The van der Waals surface area contributed by atoms with Gasteiger partial charge in [-0.25, -0.2) is 4.79 Å². The van der Waals surface area contributed by atoms with Gasteiger partial charge in [-0.1, -0.05) is 24.1 Å². The maximum Gasteiger partial charge on any atom is 0.407 e. The number of hydrogen-bond donors (Lipinski definition) is 2. The first-order valence-electron chi connectivity index (χ1n) is 9.83. The molecule has 0 unspecified atom stereocenters. The predicted octanol–water partition coefficient (Wildman–Crippen LogP) is 3.71. The molecule has 1 fully saturated rings. The summed E-state index contributed by atoms with van der Waals surface area (Å²) in [5, 5.41) is 6.27. The molecule has 2 amide bonds. The molecule has 0 spiro atoms. The van der Waals surface area contributed by atoms with E-state index in [2.05, 4.69) is 10.6 Å². The Morgan fingerprint density at radius 1 is 1.17 bits per heavy atom. The molecule has 2 N–H and O–H groups in total. The van der Waals surface area contributed by atoms with Crippen molar-refractivity contribution in [1.29, 1.82) is 0 Å². The fourth-order valence-corrected chi connectivity index (χ4v) is 3.81. The summed E-state index contributed by atoms with van der Waals surface area (Å²) in [6.45, 7) is 5.86. The number of methoxy groups -OCH3 is 2. The number of ether oxygens (including phenoxy) is 3. The van der Waals surface area contributed by atoms with Gasteiger partial charge >= 0.3 is 6.09 Å². The predicted molar refractivity (Wildman–Crippen MR) is 112 cm³/mol. The molecule has 1 aromatic carbocycles. The first-order chi connectivity index (χ1) is 13.7. The minimum Gasteiger partial charge on any atom is -0.493 e. The average Bonchev–Trinajstić information content (AvgIpc) is 3.09. The molecule has 162 valence electrons. The van der Waals surface area contributed by atoms with E-state index in [-0.39, 0.29) is 17.9 Å². The van der Waals surface area contributed by atoms with Gasteiger partial charge < -0.3 is 24.8 Å². The average molecular weight is 427 g/mol. The van der Waals surface area contributed by atoms with Gasteiger partial charge in [0.15, 0.2) is 11.5 Å². The largest absolute Gasteiger partial charge is 0.493 e. The number of nitrogens with one attached hydrogen (secondary N) is 2. The van der Waals surface area contributed by atoms with Crippen LogP contribution in [0.15, 0.2) is 12.1 Å². The lowest BCUT2D eigenvalue weighted by atomic mass is 10.0. The minimum absolute atomic E-state index is 0.0693. The Balaban J connectivity index is 1.89. The van der Waals surface area contributed by atoms with Crippen LogP contribution in [0.1, 0.15) is 45.6 Å². The van der Waals surface area contributed by atoms with Crippen LogP contribution in [0.3, 0.4) is 0 Å². The zero-order chi connectivity index (χ0) is 21.6. The van der Waals surface area contributed by atoms with E-state index < -0.39 is 11.7 Å². The standard InChI is InChI=1S/C21H31ClN2O5/c1-21(2,3)29-20(26)24-15-8-6-7-14(15)19(25)23-12-11-13-9-10-16(27-4)18(28-5)17(13)22/h9-10,14-15H,6-8,11-12H2,1-5H3,(H,23,25)(H,24,26)/t14-,15+/m1/s1. The molecule has 2 rings (SSSR count). The summed E-state index contributed by atoms with van der Waals surface area (Å²) in [6.07, 6.45) is 2.46. The molecule has 1 aliphatic carbocycles. The lowest BCUT2D eigenvalue weighted by molar-refractivity contribution is -0.125. The molecule has 0 radical (unpaired) electrons. The number of halogens is 1. The van der Waals surface area contributed by atoms with E-state index in [1.165, 1.54) is 7.11 Å². The summed E-state index contributed by atoms with van der Waals surface area (Å²) < 4.78 is 15.8. The molecular weight excluding hydrogens is 396 g/mol. The summed E-state index contributed by atoms with van der Waals surface area (Å²) in [5.74, 6) is 0.714. The number of alkyl carbamates (subject to hydrolysis) is 1. The Labute approximate surface area is 177 Å². The molecular formula is C21H31ClN2O5. The summed E-state index contributed by atoms with van der Waals surface area (Å²) in [7, 11) is 3.09. The molecule has 1 aliphatic rings. The van der Waals surface area contributed by atoms with Crippen LogP contribution in [-0.4, -0.2) is 44.4 Å². The Hall–Kier alpha value is -2.15. The second-order valence-electron chi connectivity index (χ2n) is 8.11. The SMILES string of the molecule is COc1ccc(CCNC(=O)[C@@H]2CCC[C@@H]2NC(=O)OC(C)(C)C)c(Cl)c1OC. The van der Waals surface area contributed by atoms with Gasteiger partial charge in [-0.15, -0.1) is 0 Å². The monoisotopic (exact) mass is 426 g/mol. The Bertz CT molecular complexity index is 733. The van der Waals surface area contributed by atoms with Gasteiger partial charge in [0.25, 0.3) is 0 Å². The van der Waals surface area contributed by atoms with Crippen LogP contribution in [0.5, 0.6) is 11.5 Å². The van der Waals surface area contributed by atoms with Crippen molar-refractivity contribution in [3.8, 4) is 11.5 Å². The summed E-state index contributed by atoms with van der Waals surface area (Å²) >= 11 is 6.39. The van der Waals surface area contributed by atoms with Crippen LogP contribution in [0, 0.1) is 5.92 Å². The van der Waals surface area contributed by atoms with Crippen molar-refractivity contribution in [3.05, 3.63) is 22.7 Å².